The Morgan fingerprint density at radius 2 is 2.33 bits per heavy atom. The van der Waals surface area contributed by atoms with E-state index in [9.17, 15) is 4.79 Å². The number of anilines is 1. The lowest BCUT2D eigenvalue weighted by atomic mass is 10.0. The van der Waals surface area contributed by atoms with Gasteiger partial charge in [-0.15, -0.1) is 0 Å². The van der Waals surface area contributed by atoms with Crippen LogP contribution >= 0.6 is 0 Å². The molecule has 1 aliphatic heterocycles. The van der Waals surface area contributed by atoms with E-state index in [0.29, 0.717) is 11.5 Å². The smallest absolute Gasteiger partial charge is 0.251 e. The van der Waals surface area contributed by atoms with Crippen LogP contribution in [0.1, 0.15) is 47.0 Å². The molecule has 1 aliphatic rings. The maximum atomic E-state index is 12.3. The number of oxazole rings is 1. The van der Waals surface area contributed by atoms with E-state index in [4.69, 9.17) is 4.42 Å². The molecule has 2 heterocycles. The van der Waals surface area contributed by atoms with Gasteiger partial charge in [-0.2, -0.15) is 0 Å². The molecule has 2 N–H and O–H groups in total. The molecule has 5 nitrogen and oxygen atoms in total. The van der Waals surface area contributed by atoms with E-state index in [1.54, 1.807) is 6.20 Å². The maximum Gasteiger partial charge on any atom is 0.251 e. The molecular formula is C16H19N3O2. The fraction of sp³-hybridized carbons (Fsp3) is 0.375. The fourth-order valence-electron chi connectivity index (χ4n) is 2.53. The van der Waals surface area contributed by atoms with Crippen molar-refractivity contribution in [3.05, 3.63) is 47.2 Å². The topological polar surface area (TPSA) is 67.2 Å². The third kappa shape index (κ3) is 2.91. The van der Waals surface area contributed by atoms with Gasteiger partial charge < -0.3 is 15.1 Å². The first-order valence-corrected chi connectivity index (χ1v) is 7.23. The van der Waals surface area contributed by atoms with Gasteiger partial charge in [0.25, 0.3) is 5.91 Å². The first-order valence-electron chi connectivity index (χ1n) is 7.23. The second kappa shape index (κ2) is 5.60. The summed E-state index contributed by atoms with van der Waals surface area (Å²) in [6, 6.07) is 5.54. The summed E-state index contributed by atoms with van der Waals surface area (Å²) in [7, 11) is 0. The Morgan fingerprint density at radius 1 is 1.48 bits per heavy atom. The van der Waals surface area contributed by atoms with E-state index in [2.05, 4.69) is 15.6 Å². The minimum absolute atomic E-state index is 0.105. The molecule has 0 spiro atoms. The monoisotopic (exact) mass is 285 g/mol. The predicted octanol–water partition coefficient (Wildman–Crippen LogP) is 2.83. The first kappa shape index (κ1) is 13.7. The highest BCUT2D eigenvalue weighted by atomic mass is 16.4. The summed E-state index contributed by atoms with van der Waals surface area (Å²) >= 11 is 0. The van der Waals surface area contributed by atoms with Crippen LogP contribution in [-0.2, 0) is 6.42 Å². The van der Waals surface area contributed by atoms with Crippen molar-refractivity contribution in [2.24, 2.45) is 0 Å². The maximum absolute atomic E-state index is 12.3. The van der Waals surface area contributed by atoms with Crippen molar-refractivity contribution in [1.82, 2.24) is 10.3 Å². The van der Waals surface area contributed by atoms with E-state index in [1.165, 1.54) is 5.56 Å². The Balaban J connectivity index is 1.73. The standard InChI is InChI=1S/C16H19N3O2/c1-10-9-18-16(21-10)11(2)19-15(20)13-5-6-14-12(8-13)4-3-7-17-14/h5-6,8-9,11,17H,3-4,7H2,1-2H3,(H,19,20). The number of aryl methyl sites for hydroxylation is 2. The molecule has 0 saturated carbocycles. The molecule has 1 unspecified atom stereocenters. The third-order valence-electron chi connectivity index (χ3n) is 3.66. The highest BCUT2D eigenvalue weighted by molar-refractivity contribution is 5.95. The summed E-state index contributed by atoms with van der Waals surface area (Å²) in [6.45, 7) is 4.70. The molecule has 0 saturated heterocycles. The molecule has 0 aliphatic carbocycles. The number of amides is 1. The largest absolute Gasteiger partial charge is 0.444 e. The summed E-state index contributed by atoms with van der Waals surface area (Å²) in [4.78, 5) is 16.5. The van der Waals surface area contributed by atoms with E-state index in [-0.39, 0.29) is 11.9 Å². The minimum Gasteiger partial charge on any atom is -0.444 e. The molecule has 0 fully saturated rings. The van der Waals surface area contributed by atoms with Gasteiger partial charge in [-0.3, -0.25) is 4.79 Å². The zero-order chi connectivity index (χ0) is 14.8. The molecule has 1 aromatic heterocycles. The molecule has 21 heavy (non-hydrogen) atoms. The predicted molar refractivity (Wildman–Crippen MR) is 80.4 cm³/mol. The summed E-state index contributed by atoms with van der Waals surface area (Å²) in [6.07, 6.45) is 3.77. The molecule has 1 amide bonds. The molecule has 2 aromatic rings. The normalized spacial score (nSPS) is 15.0. The van der Waals surface area contributed by atoms with Crippen LogP contribution in [0.15, 0.2) is 28.8 Å². The van der Waals surface area contributed by atoms with Crippen LogP contribution in [0.5, 0.6) is 0 Å². The lowest BCUT2D eigenvalue weighted by Crippen LogP contribution is -2.27. The summed E-state index contributed by atoms with van der Waals surface area (Å²) < 4.78 is 5.44. The van der Waals surface area contributed by atoms with Gasteiger partial charge in [0.05, 0.1) is 6.20 Å². The van der Waals surface area contributed by atoms with Crippen LogP contribution in [0, 0.1) is 6.92 Å². The molecule has 1 atom stereocenters. The first-order chi connectivity index (χ1) is 10.1. The number of hydrogen-bond donors (Lipinski definition) is 2. The van der Waals surface area contributed by atoms with Crippen molar-refractivity contribution >= 4 is 11.6 Å². The van der Waals surface area contributed by atoms with Gasteiger partial charge in [0.1, 0.15) is 11.8 Å². The Labute approximate surface area is 123 Å². The van der Waals surface area contributed by atoms with Gasteiger partial charge in [-0.05, 0) is 50.5 Å². The average molecular weight is 285 g/mol. The number of carbonyl (C=O) groups is 1. The molecular weight excluding hydrogens is 266 g/mol. The minimum atomic E-state index is -0.250. The zero-order valence-electron chi connectivity index (χ0n) is 12.3. The lowest BCUT2D eigenvalue weighted by Gasteiger charge is -2.19. The number of benzene rings is 1. The Hall–Kier alpha value is -2.30. The van der Waals surface area contributed by atoms with Gasteiger partial charge in [-0.25, -0.2) is 4.98 Å². The van der Waals surface area contributed by atoms with Crippen LogP contribution in [0.4, 0.5) is 5.69 Å². The van der Waals surface area contributed by atoms with Crippen LogP contribution < -0.4 is 10.6 Å². The van der Waals surface area contributed by atoms with Crippen molar-refractivity contribution in [3.63, 3.8) is 0 Å². The Bertz CT molecular complexity index is 663. The van der Waals surface area contributed by atoms with E-state index in [1.807, 2.05) is 32.0 Å². The number of hydrogen-bond acceptors (Lipinski definition) is 4. The zero-order valence-corrected chi connectivity index (χ0v) is 12.3. The van der Waals surface area contributed by atoms with Crippen LogP contribution in [0.25, 0.3) is 0 Å². The highest BCUT2D eigenvalue weighted by Crippen LogP contribution is 2.23. The number of rotatable bonds is 3. The number of nitrogens with one attached hydrogen (secondary N) is 2. The molecule has 0 radical (unpaired) electrons. The summed E-state index contributed by atoms with van der Waals surface area (Å²) in [5.41, 5.74) is 3.01. The molecule has 110 valence electrons. The van der Waals surface area contributed by atoms with Crippen molar-refractivity contribution < 1.29 is 9.21 Å². The van der Waals surface area contributed by atoms with Gasteiger partial charge in [-0.1, -0.05) is 0 Å². The van der Waals surface area contributed by atoms with Crippen LogP contribution in [0.2, 0.25) is 0 Å². The summed E-state index contributed by atoms with van der Waals surface area (Å²) in [5, 5.41) is 6.26. The SMILES string of the molecule is Cc1cnc(C(C)NC(=O)c2ccc3c(c2)CCCN3)o1. The van der Waals surface area contributed by atoms with Crippen molar-refractivity contribution in [3.8, 4) is 0 Å². The van der Waals surface area contributed by atoms with E-state index < -0.39 is 0 Å². The lowest BCUT2D eigenvalue weighted by molar-refractivity contribution is 0.0934. The van der Waals surface area contributed by atoms with Gasteiger partial charge >= 0.3 is 0 Å². The molecule has 0 bridgehead atoms. The third-order valence-corrected chi connectivity index (χ3v) is 3.66. The van der Waals surface area contributed by atoms with Gasteiger partial charge in [0.15, 0.2) is 0 Å². The quantitative estimate of drug-likeness (QED) is 0.910. The van der Waals surface area contributed by atoms with E-state index >= 15 is 0 Å². The van der Waals surface area contributed by atoms with Crippen molar-refractivity contribution in [1.29, 1.82) is 0 Å². The number of aromatic nitrogens is 1. The van der Waals surface area contributed by atoms with E-state index in [0.717, 1.165) is 30.8 Å². The van der Waals surface area contributed by atoms with Crippen molar-refractivity contribution in [2.75, 3.05) is 11.9 Å². The average Bonchev–Trinajstić information content (AvgIpc) is 2.93. The van der Waals surface area contributed by atoms with Gasteiger partial charge in [0.2, 0.25) is 5.89 Å². The number of carbonyl (C=O) groups excluding carboxylic acids is 1. The van der Waals surface area contributed by atoms with Crippen LogP contribution in [0.3, 0.4) is 0 Å². The van der Waals surface area contributed by atoms with Crippen LogP contribution in [-0.4, -0.2) is 17.4 Å². The van der Waals surface area contributed by atoms with Crippen molar-refractivity contribution in [2.45, 2.75) is 32.7 Å². The second-order valence-corrected chi connectivity index (χ2v) is 5.41. The second-order valence-electron chi connectivity index (χ2n) is 5.41. The Kier molecular flexibility index (Phi) is 3.64. The Morgan fingerprint density at radius 3 is 3.10 bits per heavy atom. The molecule has 5 heteroatoms. The number of fused-ring (bicyclic) bond motifs is 1. The highest BCUT2D eigenvalue weighted by Gasteiger charge is 2.17. The van der Waals surface area contributed by atoms with Gasteiger partial charge in [0, 0.05) is 17.8 Å². The molecule has 1 aromatic carbocycles. The number of nitrogens with zero attached hydrogens (tertiary/aromatic N) is 1. The molecule has 3 rings (SSSR count). The fourth-order valence-corrected chi connectivity index (χ4v) is 2.53. The summed E-state index contributed by atoms with van der Waals surface area (Å²) in [5.74, 6) is 1.16.